The SMILES string of the molecule is COc1cn2nc(C)nc2cc1C(C)C. The second kappa shape index (κ2) is 3.53. The molecular formula is C11H15N3O. The van der Waals surface area contributed by atoms with Gasteiger partial charge in [0, 0.05) is 5.56 Å². The number of hydrogen-bond donors (Lipinski definition) is 0. The summed E-state index contributed by atoms with van der Waals surface area (Å²) in [5.74, 6) is 2.06. The summed E-state index contributed by atoms with van der Waals surface area (Å²) in [5.41, 5.74) is 2.04. The van der Waals surface area contributed by atoms with E-state index in [2.05, 4.69) is 23.9 Å². The molecule has 0 fully saturated rings. The molecule has 0 aliphatic carbocycles. The lowest BCUT2D eigenvalue weighted by Crippen LogP contribution is -1.98. The quantitative estimate of drug-likeness (QED) is 0.754. The monoisotopic (exact) mass is 205 g/mol. The Morgan fingerprint density at radius 2 is 2.13 bits per heavy atom. The number of methoxy groups -OCH3 is 1. The van der Waals surface area contributed by atoms with E-state index < -0.39 is 0 Å². The molecule has 0 aliphatic heterocycles. The first-order chi connectivity index (χ1) is 7.11. The Morgan fingerprint density at radius 1 is 1.40 bits per heavy atom. The van der Waals surface area contributed by atoms with Crippen molar-refractivity contribution in [2.45, 2.75) is 26.7 Å². The molecule has 0 aliphatic rings. The molecule has 4 nitrogen and oxygen atoms in total. The average Bonchev–Trinajstić information content (AvgIpc) is 2.54. The van der Waals surface area contributed by atoms with Crippen LogP contribution in [0.2, 0.25) is 0 Å². The lowest BCUT2D eigenvalue weighted by molar-refractivity contribution is 0.404. The van der Waals surface area contributed by atoms with Crippen molar-refractivity contribution in [3.63, 3.8) is 0 Å². The van der Waals surface area contributed by atoms with Crippen LogP contribution in [0.1, 0.15) is 31.2 Å². The van der Waals surface area contributed by atoms with Crippen LogP contribution in [0.5, 0.6) is 5.75 Å². The van der Waals surface area contributed by atoms with Crippen molar-refractivity contribution in [1.29, 1.82) is 0 Å². The maximum Gasteiger partial charge on any atom is 0.156 e. The number of hydrogen-bond acceptors (Lipinski definition) is 3. The second-order valence-corrected chi connectivity index (χ2v) is 3.91. The van der Waals surface area contributed by atoms with Crippen LogP contribution < -0.4 is 4.74 Å². The molecule has 80 valence electrons. The third-order valence-electron chi connectivity index (χ3n) is 2.41. The van der Waals surface area contributed by atoms with E-state index in [0.717, 1.165) is 22.8 Å². The van der Waals surface area contributed by atoms with Crippen molar-refractivity contribution in [2.75, 3.05) is 7.11 Å². The van der Waals surface area contributed by atoms with Gasteiger partial charge in [-0.05, 0) is 18.9 Å². The predicted octanol–water partition coefficient (Wildman–Crippen LogP) is 2.17. The first-order valence-electron chi connectivity index (χ1n) is 5.02. The van der Waals surface area contributed by atoms with Gasteiger partial charge < -0.3 is 4.74 Å². The van der Waals surface area contributed by atoms with E-state index in [-0.39, 0.29) is 0 Å². The molecule has 2 aromatic rings. The standard InChI is InChI=1S/C11H15N3O/c1-7(2)9-5-11-12-8(3)13-14(11)6-10(9)15-4/h5-7H,1-4H3. The van der Waals surface area contributed by atoms with Crippen molar-refractivity contribution in [3.8, 4) is 5.75 Å². The number of ether oxygens (including phenoxy) is 1. The molecule has 0 spiro atoms. The van der Waals surface area contributed by atoms with Gasteiger partial charge in [-0.1, -0.05) is 13.8 Å². The minimum absolute atomic E-state index is 0.418. The molecule has 15 heavy (non-hydrogen) atoms. The van der Waals surface area contributed by atoms with Crippen LogP contribution in [0.25, 0.3) is 5.65 Å². The summed E-state index contributed by atoms with van der Waals surface area (Å²) >= 11 is 0. The molecule has 0 aromatic carbocycles. The van der Waals surface area contributed by atoms with Crippen molar-refractivity contribution < 1.29 is 4.74 Å². The fourth-order valence-corrected chi connectivity index (χ4v) is 1.66. The van der Waals surface area contributed by atoms with E-state index in [4.69, 9.17) is 4.74 Å². The molecule has 2 heterocycles. The van der Waals surface area contributed by atoms with Crippen LogP contribution in [0, 0.1) is 6.92 Å². The minimum Gasteiger partial charge on any atom is -0.495 e. The predicted molar refractivity (Wildman–Crippen MR) is 58.4 cm³/mol. The van der Waals surface area contributed by atoms with Crippen LogP contribution in [0.15, 0.2) is 12.3 Å². The third-order valence-corrected chi connectivity index (χ3v) is 2.41. The smallest absolute Gasteiger partial charge is 0.156 e. The van der Waals surface area contributed by atoms with Crippen LogP contribution in [-0.4, -0.2) is 21.7 Å². The highest BCUT2D eigenvalue weighted by Crippen LogP contribution is 2.26. The summed E-state index contributed by atoms with van der Waals surface area (Å²) in [6, 6.07) is 2.03. The molecule has 0 amide bonds. The van der Waals surface area contributed by atoms with E-state index in [9.17, 15) is 0 Å². The van der Waals surface area contributed by atoms with Gasteiger partial charge >= 0.3 is 0 Å². The highest BCUT2D eigenvalue weighted by atomic mass is 16.5. The first kappa shape index (κ1) is 9.96. The summed E-state index contributed by atoms with van der Waals surface area (Å²) in [4.78, 5) is 4.33. The van der Waals surface area contributed by atoms with E-state index in [1.54, 1.807) is 11.6 Å². The number of aryl methyl sites for hydroxylation is 1. The normalized spacial score (nSPS) is 11.3. The Morgan fingerprint density at radius 3 is 2.73 bits per heavy atom. The van der Waals surface area contributed by atoms with Gasteiger partial charge in [0.25, 0.3) is 0 Å². The number of pyridine rings is 1. The average molecular weight is 205 g/mol. The van der Waals surface area contributed by atoms with E-state index in [1.807, 2.05) is 19.2 Å². The Kier molecular flexibility index (Phi) is 2.34. The third kappa shape index (κ3) is 1.67. The van der Waals surface area contributed by atoms with Gasteiger partial charge in [-0.25, -0.2) is 9.50 Å². The van der Waals surface area contributed by atoms with Gasteiger partial charge in [-0.15, -0.1) is 0 Å². The second-order valence-electron chi connectivity index (χ2n) is 3.91. The molecular weight excluding hydrogens is 190 g/mol. The molecule has 0 unspecified atom stereocenters. The van der Waals surface area contributed by atoms with Gasteiger partial charge in [-0.2, -0.15) is 5.10 Å². The summed E-state index contributed by atoms with van der Waals surface area (Å²) in [5, 5.41) is 4.25. The summed E-state index contributed by atoms with van der Waals surface area (Å²) in [6.45, 7) is 6.16. The van der Waals surface area contributed by atoms with Crippen molar-refractivity contribution in [2.24, 2.45) is 0 Å². The molecule has 0 N–H and O–H groups in total. The van der Waals surface area contributed by atoms with Gasteiger partial charge in [0.15, 0.2) is 5.65 Å². The van der Waals surface area contributed by atoms with Crippen LogP contribution in [-0.2, 0) is 0 Å². The minimum atomic E-state index is 0.418. The summed E-state index contributed by atoms with van der Waals surface area (Å²) in [6.07, 6.45) is 1.88. The molecule has 0 saturated heterocycles. The molecule has 2 aromatic heterocycles. The molecule has 2 rings (SSSR count). The van der Waals surface area contributed by atoms with Crippen LogP contribution in [0.3, 0.4) is 0 Å². The van der Waals surface area contributed by atoms with Gasteiger partial charge in [0.1, 0.15) is 11.6 Å². The maximum atomic E-state index is 5.34. The zero-order valence-electron chi connectivity index (χ0n) is 9.48. The van der Waals surface area contributed by atoms with E-state index >= 15 is 0 Å². The number of rotatable bonds is 2. The van der Waals surface area contributed by atoms with Gasteiger partial charge in [-0.3, -0.25) is 0 Å². The number of fused-ring (bicyclic) bond motifs is 1. The Hall–Kier alpha value is -1.58. The maximum absolute atomic E-state index is 5.34. The van der Waals surface area contributed by atoms with Gasteiger partial charge in [0.05, 0.1) is 13.3 Å². The summed E-state index contributed by atoms with van der Waals surface area (Å²) in [7, 11) is 1.68. The summed E-state index contributed by atoms with van der Waals surface area (Å²) < 4.78 is 7.09. The molecule has 0 atom stereocenters. The number of aromatic nitrogens is 3. The Labute approximate surface area is 88.9 Å². The molecule has 0 radical (unpaired) electrons. The highest BCUT2D eigenvalue weighted by molar-refractivity contribution is 5.47. The zero-order chi connectivity index (χ0) is 11.0. The van der Waals surface area contributed by atoms with Crippen molar-refractivity contribution in [1.82, 2.24) is 14.6 Å². The van der Waals surface area contributed by atoms with Crippen molar-refractivity contribution >= 4 is 5.65 Å². The molecule has 4 heteroatoms. The van der Waals surface area contributed by atoms with Crippen molar-refractivity contribution in [3.05, 3.63) is 23.7 Å². The first-order valence-corrected chi connectivity index (χ1v) is 5.02. The zero-order valence-corrected chi connectivity index (χ0v) is 9.48. The Bertz CT molecular complexity index is 488. The molecule has 0 bridgehead atoms. The highest BCUT2D eigenvalue weighted by Gasteiger charge is 2.10. The lowest BCUT2D eigenvalue weighted by Gasteiger charge is -2.11. The largest absolute Gasteiger partial charge is 0.495 e. The topological polar surface area (TPSA) is 39.4 Å². The van der Waals surface area contributed by atoms with E-state index in [1.165, 1.54) is 0 Å². The van der Waals surface area contributed by atoms with Gasteiger partial charge in [0.2, 0.25) is 0 Å². The fourth-order valence-electron chi connectivity index (χ4n) is 1.66. The number of nitrogens with zero attached hydrogens (tertiary/aromatic N) is 3. The van der Waals surface area contributed by atoms with Crippen LogP contribution in [0.4, 0.5) is 0 Å². The lowest BCUT2D eigenvalue weighted by atomic mass is 10.0. The molecule has 0 saturated carbocycles. The fraction of sp³-hybridized carbons (Fsp3) is 0.455. The van der Waals surface area contributed by atoms with Crippen LogP contribution >= 0.6 is 0 Å². The van der Waals surface area contributed by atoms with E-state index in [0.29, 0.717) is 5.92 Å². The Balaban J connectivity index is 2.68.